The fourth-order valence-electron chi connectivity index (χ4n) is 2.56. The number of urea groups is 1. The van der Waals surface area contributed by atoms with E-state index in [1.807, 2.05) is 32.0 Å². The van der Waals surface area contributed by atoms with Gasteiger partial charge in [-0.3, -0.25) is 15.2 Å². The predicted molar refractivity (Wildman–Crippen MR) is 92.5 cm³/mol. The van der Waals surface area contributed by atoms with Crippen LogP contribution in [0.3, 0.4) is 0 Å². The molecule has 2 amide bonds. The van der Waals surface area contributed by atoms with Crippen molar-refractivity contribution in [1.29, 1.82) is 5.41 Å². The molecule has 1 aromatic carbocycles. The Bertz CT molecular complexity index is 527. The zero-order valence-electron chi connectivity index (χ0n) is 14.1. The molecule has 3 N–H and O–H groups in total. The van der Waals surface area contributed by atoms with Crippen LogP contribution in [0.15, 0.2) is 18.2 Å². The van der Waals surface area contributed by atoms with Crippen LogP contribution in [0, 0.1) is 12.3 Å². The Hall–Kier alpha value is -2.04. The third-order valence-electron chi connectivity index (χ3n) is 3.78. The molecular weight excluding hydrogens is 276 g/mol. The minimum absolute atomic E-state index is 0.191. The maximum Gasteiger partial charge on any atom is 0.331 e. The molecule has 5 nitrogen and oxygen atoms in total. The van der Waals surface area contributed by atoms with Gasteiger partial charge in [-0.15, -0.1) is 0 Å². The third kappa shape index (κ3) is 4.00. The van der Waals surface area contributed by atoms with E-state index in [1.165, 1.54) is 4.90 Å². The van der Waals surface area contributed by atoms with Crippen molar-refractivity contribution in [2.45, 2.75) is 47.0 Å². The molecule has 5 heteroatoms. The average Bonchev–Trinajstić information content (AvgIpc) is 2.49. The molecule has 22 heavy (non-hydrogen) atoms. The van der Waals surface area contributed by atoms with Gasteiger partial charge in [-0.2, -0.15) is 0 Å². The summed E-state index contributed by atoms with van der Waals surface area (Å²) in [7, 11) is 0. The number of carbonyl (C=O) groups excluding carboxylic acids is 1. The summed E-state index contributed by atoms with van der Waals surface area (Å²) in [5, 5.41) is 7.70. The van der Waals surface area contributed by atoms with Gasteiger partial charge in [0.1, 0.15) is 0 Å². The Morgan fingerprint density at radius 1 is 1.27 bits per heavy atom. The predicted octanol–water partition coefficient (Wildman–Crippen LogP) is 3.50. The second kappa shape index (κ2) is 8.41. The minimum Gasteiger partial charge on any atom is -0.370 e. The van der Waals surface area contributed by atoms with Crippen LogP contribution >= 0.6 is 0 Å². The highest BCUT2D eigenvalue weighted by atomic mass is 16.2. The van der Waals surface area contributed by atoms with Gasteiger partial charge in [0.2, 0.25) is 0 Å². The fourth-order valence-corrected chi connectivity index (χ4v) is 2.56. The number of hydrogen-bond donors (Lipinski definition) is 2. The van der Waals surface area contributed by atoms with E-state index < -0.39 is 0 Å². The van der Waals surface area contributed by atoms with Crippen LogP contribution in [0.25, 0.3) is 0 Å². The van der Waals surface area contributed by atoms with Gasteiger partial charge in [0.25, 0.3) is 0 Å². The molecule has 0 aliphatic rings. The van der Waals surface area contributed by atoms with E-state index in [2.05, 4.69) is 13.8 Å². The molecule has 122 valence electrons. The molecule has 0 heterocycles. The van der Waals surface area contributed by atoms with E-state index in [-0.39, 0.29) is 12.0 Å². The van der Waals surface area contributed by atoms with Crippen molar-refractivity contribution in [3.8, 4) is 0 Å². The number of unbranched alkanes of at least 4 members (excludes halogenated alkanes) is 1. The number of nitrogens with two attached hydrogens (primary N) is 1. The van der Waals surface area contributed by atoms with Crippen molar-refractivity contribution in [2.75, 3.05) is 18.0 Å². The zero-order chi connectivity index (χ0) is 16.7. The van der Waals surface area contributed by atoms with E-state index >= 15 is 0 Å². The minimum atomic E-state index is -0.215. The first-order chi connectivity index (χ1) is 10.5. The first kappa shape index (κ1) is 18.0. The first-order valence-electron chi connectivity index (χ1n) is 7.99. The van der Waals surface area contributed by atoms with Crippen molar-refractivity contribution in [2.24, 2.45) is 5.73 Å². The van der Waals surface area contributed by atoms with E-state index in [0.717, 1.165) is 36.1 Å². The lowest BCUT2D eigenvalue weighted by Gasteiger charge is -2.31. The fraction of sp³-hybridized carbons (Fsp3) is 0.529. The Morgan fingerprint density at radius 3 is 2.45 bits per heavy atom. The van der Waals surface area contributed by atoms with E-state index in [1.54, 1.807) is 4.90 Å². The lowest BCUT2D eigenvalue weighted by atomic mass is 10.0. The molecule has 0 atom stereocenters. The number of guanidine groups is 1. The van der Waals surface area contributed by atoms with Gasteiger partial charge in [-0.05, 0) is 37.8 Å². The second-order valence-electron chi connectivity index (χ2n) is 5.35. The zero-order valence-corrected chi connectivity index (χ0v) is 14.1. The quantitative estimate of drug-likeness (QED) is 0.623. The molecule has 0 unspecified atom stereocenters. The lowest BCUT2D eigenvalue weighted by molar-refractivity contribution is 0.226. The van der Waals surface area contributed by atoms with Gasteiger partial charge < -0.3 is 5.73 Å². The topological polar surface area (TPSA) is 73.4 Å². The first-order valence-corrected chi connectivity index (χ1v) is 7.99. The summed E-state index contributed by atoms with van der Waals surface area (Å²) in [5.74, 6) is -0.191. The van der Waals surface area contributed by atoms with Crippen molar-refractivity contribution in [1.82, 2.24) is 4.90 Å². The largest absolute Gasteiger partial charge is 0.370 e. The van der Waals surface area contributed by atoms with Gasteiger partial charge >= 0.3 is 6.03 Å². The molecule has 1 aromatic rings. The summed E-state index contributed by atoms with van der Waals surface area (Å²) < 4.78 is 0. The highest BCUT2D eigenvalue weighted by Crippen LogP contribution is 2.26. The van der Waals surface area contributed by atoms with Gasteiger partial charge in [-0.1, -0.05) is 38.5 Å². The third-order valence-corrected chi connectivity index (χ3v) is 3.78. The molecule has 0 radical (unpaired) electrons. The maximum absolute atomic E-state index is 12.9. The Balaban J connectivity index is 3.19. The van der Waals surface area contributed by atoms with Crippen LogP contribution in [0.4, 0.5) is 10.5 Å². The molecule has 0 aromatic heterocycles. The molecule has 0 saturated carbocycles. The van der Waals surface area contributed by atoms with Gasteiger partial charge in [0.15, 0.2) is 5.96 Å². The van der Waals surface area contributed by atoms with Crippen LogP contribution in [-0.2, 0) is 6.42 Å². The molecule has 0 aliphatic carbocycles. The summed E-state index contributed by atoms with van der Waals surface area (Å²) in [6, 6.07) is 5.85. The Kier molecular flexibility index (Phi) is 6.89. The van der Waals surface area contributed by atoms with Crippen molar-refractivity contribution < 1.29 is 4.79 Å². The number of hydrogen-bond acceptors (Lipinski definition) is 2. The van der Waals surface area contributed by atoms with Crippen molar-refractivity contribution in [3.63, 3.8) is 0 Å². The molecule has 0 bridgehead atoms. The number of para-hydroxylation sites is 1. The molecular formula is C17H28N4O. The van der Waals surface area contributed by atoms with E-state index in [9.17, 15) is 4.79 Å². The summed E-state index contributed by atoms with van der Waals surface area (Å²) in [6.45, 7) is 9.12. The van der Waals surface area contributed by atoms with Crippen molar-refractivity contribution >= 4 is 17.7 Å². The second-order valence-corrected chi connectivity index (χ2v) is 5.35. The van der Waals surface area contributed by atoms with Crippen LogP contribution in [0.1, 0.15) is 44.7 Å². The normalized spacial score (nSPS) is 10.4. The highest BCUT2D eigenvalue weighted by Gasteiger charge is 2.25. The smallest absolute Gasteiger partial charge is 0.331 e. The van der Waals surface area contributed by atoms with Gasteiger partial charge in [-0.25, -0.2) is 4.79 Å². The number of amides is 2. The maximum atomic E-state index is 12.9. The lowest BCUT2D eigenvalue weighted by Crippen LogP contribution is -2.49. The molecule has 0 aliphatic heterocycles. The number of benzene rings is 1. The molecule has 0 fully saturated rings. The standard InChI is InChI=1S/C17H28N4O/c1-5-8-12-21(16(18)19)17(22)20(7-3)15-13(4)10-9-11-14(15)6-2/h9-11H,5-8,12H2,1-4H3,(H3,18,19). The molecule has 1 rings (SSSR count). The van der Waals surface area contributed by atoms with Crippen LogP contribution < -0.4 is 10.6 Å². The summed E-state index contributed by atoms with van der Waals surface area (Å²) in [6.07, 6.45) is 2.64. The molecule has 0 spiro atoms. The van der Waals surface area contributed by atoms with Crippen molar-refractivity contribution in [3.05, 3.63) is 29.3 Å². The number of nitrogens with zero attached hydrogens (tertiary/aromatic N) is 2. The van der Waals surface area contributed by atoms with Crippen LogP contribution in [0.5, 0.6) is 0 Å². The Morgan fingerprint density at radius 2 is 1.95 bits per heavy atom. The number of anilines is 1. The van der Waals surface area contributed by atoms with E-state index in [4.69, 9.17) is 11.1 Å². The average molecular weight is 304 g/mol. The number of rotatable bonds is 6. The summed E-state index contributed by atoms with van der Waals surface area (Å²) in [4.78, 5) is 16.0. The van der Waals surface area contributed by atoms with Crippen LogP contribution in [0.2, 0.25) is 0 Å². The molecule has 0 saturated heterocycles. The number of aryl methyl sites for hydroxylation is 2. The number of carbonyl (C=O) groups is 1. The summed E-state index contributed by atoms with van der Waals surface area (Å²) in [5.41, 5.74) is 8.76. The monoisotopic (exact) mass is 304 g/mol. The SMILES string of the molecule is CCCCN(C(=N)N)C(=O)N(CC)c1c(C)cccc1CC. The van der Waals surface area contributed by atoms with Gasteiger partial charge in [0.05, 0.1) is 5.69 Å². The van der Waals surface area contributed by atoms with Gasteiger partial charge in [0, 0.05) is 13.1 Å². The highest BCUT2D eigenvalue weighted by molar-refractivity contribution is 6.03. The summed E-state index contributed by atoms with van der Waals surface area (Å²) >= 11 is 0. The van der Waals surface area contributed by atoms with E-state index in [0.29, 0.717) is 13.1 Å². The Labute approximate surface area is 133 Å². The van der Waals surface area contributed by atoms with Crippen LogP contribution in [-0.4, -0.2) is 30.0 Å². The number of nitrogens with one attached hydrogen (secondary N) is 1.